The molecule has 0 aliphatic carbocycles. The van der Waals surface area contributed by atoms with Gasteiger partial charge in [-0.15, -0.1) is 0 Å². The first-order valence-corrected chi connectivity index (χ1v) is 7.65. The predicted molar refractivity (Wildman–Crippen MR) is 77.2 cm³/mol. The van der Waals surface area contributed by atoms with Gasteiger partial charge in [0.25, 0.3) is 0 Å². The van der Waals surface area contributed by atoms with Gasteiger partial charge in [-0.2, -0.15) is 0 Å². The SMILES string of the molecule is CCC1C2CNCC2CN1C(C)c1cc(C)oc1C. The first-order valence-electron chi connectivity index (χ1n) is 7.65. The molecule has 3 rings (SSSR count). The van der Waals surface area contributed by atoms with Crippen molar-refractivity contribution >= 4 is 0 Å². The maximum Gasteiger partial charge on any atom is 0.105 e. The van der Waals surface area contributed by atoms with E-state index < -0.39 is 0 Å². The first-order chi connectivity index (χ1) is 9.11. The van der Waals surface area contributed by atoms with Crippen LogP contribution in [0.2, 0.25) is 0 Å². The Labute approximate surface area is 116 Å². The van der Waals surface area contributed by atoms with Gasteiger partial charge < -0.3 is 9.73 Å². The molecule has 19 heavy (non-hydrogen) atoms. The van der Waals surface area contributed by atoms with Gasteiger partial charge >= 0.3 is 0 Å². The van der Waals surface area contributed by atoms with E-state index in [4.69, 9.17) is 4.42 Å². The molecule has 0 radical (unpaired) electrons. The largest absolute Gasteiger partial charge is 0.466 e. The number of furan rings is 1. The van der Waals surface area contributed by atoms with Gasteiger partial charge in [0, 0.05) is 24.2 Å². The summed E-state index contributed by atoms with van der Waals surface area (Å²) in [5.74, 6) is 3.82. The Balaban J connectivity index is 1.83. The molecule has 1 aromatic rings. The van der Waals surface area contributed by atoms with Gasteiger partial charge in [0.1, 0.15) is 11.5 Å². The Bertz CT molecular complexity index is 454. The van der Waals surface area contributed by atoms with Crippen molar-refractivity contribution in [3.63, 3.8) is 0 Å². The van der Waals surface area contributed by atoms with Crippen LogP contribution in [-0.4, -0.2) is 30.6 Å². The van der Waals surface area contributed by atoms with E-state index in [0.717, 1.165) is 29.4 Å². The molecule has 0 bridgehead atoms. The van der Waals surface area contributed by atoms with Crippen LogP contribution in [0.25, 0.3) is 0 Å². The maximum atomic E-state index is 5.72. The highest BCUT2D eigenvalue weighted by molar-refractivity contribution is 5.24. The van der Waals surface area contributed by atoms with Crippen LogP contribution in [0.15, 0.2) is 10.5 Å². The van der Waals surface area contributed by atoms with Crippen molar-refractivity contribution in [2.24, 2.45) is 11.8 Å². The van der Waals surface area contributed by atoms with Crippen molar-refractivity contribution in [1.82, 2.24) is 10.2 Å². The maximum absolute atomic E-state index is 5.72. The van der Waals surface area contributed by atoms with Crippen LogP contribution in [0.5, 0.6) is 0 Å². The van der Waals surface area contributed by atoms with Crippen LogP contribution >= 0.6 is 0 Å². The van der Waals surface area contributed by atoms with Crippen LogP contribution in [-0.2, 0) is 0 Å². The minimum atomic E-state index is 0.480. The normalized spacial score (nSPS) is 32.7. The third kappa shape index (κ3) is 2.13. The Kier molecular flexibility index (Phi) is 3.44. The smallest absolute Gasteiger partial charge is 0.105 e. The minimum Gasteiger partial charge on any atom is -0.466 e. The van der Waals surface area contributed by atoms with Crippen molar-refractivity contribution in [2.75, 3.05) is 19.6 Å². The number of hydrogen-bond donors (Lipinski definition) is 1. The third-order valence-corrected chi connectivity index (χ3v) is 5.20. The van der Waals surface area contributed by atoms with Crippen molar-refractivity contribution in [3.05, 3.63) is 23.2 Å². The van der Waals surface area contributed by atoms with Crippen LogP contribution in [0.4, 0.5) is 0 Å². The molecule has 3 heteroatoms. The molecule has 0 amide bonds. The average molecular weight is 262 g/mol. The standard InChI is InChI=1S/C16H26N2O/c1-5-16-15-8-17-7-13(15)9-18(16)11(3)14-6-10(2)19-12(14)4/h6,11,13,15-17H,5,7-9H2,1-4H3. The molecule has 2 aliphatic rings. The van der Waals surface area contributed by atoms with Crippen LogP contribution < -0.4 is 5.32 Å². The summed E-state index contributed by atoms with van der Waals surface area (Å²) in [6.45, 7) is 12.5. The molecule has 0 aromatic carbocycles. The van der Waals surface area contributed by atoms with E-state index in [0.29, 0.717) is 6.04 Å². The molecule has 0 saturated carbocycles. The van der Waals surface area contributed by atoms with Gasteiger partial charge in [-0.25, -0.2) is 0 Å². The summed E-state index contributed by atoms with van der Waals surface area (Å²) in [6, 6.07) is 3.43. The predicted octanol–water partition coefficient (Wildman–Crippen LogP) is 2.89. The summed E-state index contributed by atoms with van der Waals surface area (Å²) in [5, 5.41) is 3.56. The number of aryl methyl sites for hydroxylation is 2. The van der Waals surface area contributed by atoms with Crippen LogP contribution in [0.1, 0.15) is 43.4 Å². The van der Waals surface area contributed by atoms with Crippen molar-refractivity contribution in [3.8, 4) is 0 Å². The molecule has 3 nitrogen and oxygen atoms in total. The van der Waals surface area contributed by atoms with Crippen molar-refractivity contribution in [2.45, 2.75) is 46.2 Å². The summed E-state index contributed by atoms with van der Waals surface area (Å²) < 4.78 is 5.72. The summed E-state index contributed by atoms with van der Waals surface area (Å²) in [5.41, 5.74) is 1.38. The number of hydrogen-bond acceptors (Lipinski definition) is 3. The van der Waals surface area contributed by atoms with Crippen molar-refractivity contribution < 1.29 is 4.42 Å². The quantitative estimate of drug-likeness (QED) is 0.908. The zero-order valence-corrected chi connectivity index (χ0v) is 12.6. The minimum absolute atomic E-state index is 0.480. The molecule has 4 atom stereocenters. The molecule has 0 spiro atoms. The fraction of sp³-hybridized carbons (Fsp3) is 0.750. The molecule has 4 unspecified atom stereocenters. The number of nitrogens with zero attached hydrogens (tertiary/aromatic N) is 1. The van der Waals surface area contributed by atoms with E-state index in [2.05, 4.69) is 37.1 Å². The van der Waals surface area contributed by atoms with Gasteiger partial charge in [0.15, 0.2) is 0 Å². The van der Waals surface area contributed by atoms with Crippen LogP contribution in [0, 0.1) is 25.7 Å². The van der Waals surface area contributed by atoms with E-state index >= 15 is 0 Å². The lowest BCUT2D eigenvalue weighted by atomic mass is 9.92. The second kappa shape index (κ2) is 4.95. The molecule has 1 aromatic heterocycles. The highest BCUT2D eigenvalue weighted by atomic mass is 16.3. The average Bonchev–Trinajstić information content (AvgIpc) is 3.01. The van der Waals surface area contributed by atoms with Gasteiger partial charge in [-0.3, -0.25) is 4.90 Å². The molecule has 106 valence electrons. The fourth-order valence-corrected chi connectivity index (χ4v) is 4.28. The van der Waals surface area contributed by atoms with E-state index in [1.165, 1.54) is 31.6 Å². The summed E-state index contributed by atoms with van der Waals surface area (Å²) in [7, 11) is 0. The summed E-state index contributed by atoms with van der Waals surface area (Å²) in [6.07, 6.45) is 1.25. The van der Waals surface area contributed by atoms with E-state index in [1.54, 1.807) is 0 Å². The second-order valence-corrected chi connectivity index (χ2v) is 6.30. The first kappa shape index (κ1) is 13.2. The molecule has 1 N–H and O–H groups in total. The Hall–Kier alpha value is -0.800. The van der Waals surface area contributed by atoms with Gasteiger partial charge in [-0.1, -0.05) is 6.92 Å². The highest BCUT2D eigenvalue weighted by Gasteiger charge is 2.45. The number of nitrogens with one attached hydrogen (secondary N) is 1. The van der Waals surface area contributed by atoms with Gasteiger partial charge in [-0.05, 0) is 58.2 Å². The molecular formula is C16H26N2O. The number of likely N-dealkylation sites (tertiary alicyclic amines) is 1. The highest BCUT2D eigenvalue weighted by Crippen LogP contribution is 2.40. The van der Waals surface area contributed by atoms with Gasteiger partial charge in [0.05, 0.1) is 0 Å². The van der Waals surface area contributed by atoms with E-state index in [1.807, 2.05) is 6.92 Å². The number of rotatable bonds is 3. The van der Waals surface area contributed by atoms with Crippen LogP contribution in [0.3, 0.4) is 0 Å². The summed E-state index contributed by atoms with van der Waals surface area (Å²) in [4.78, 5) is 2.72. The second-order valence-electron chi connectivity index (χ2n) is 6.30. The lowest BCUT2D eigenvalue weighted by molar-refractivity contribution is 0.164. The van der Waals surface area contributed by atoms with E-state index in [-0.39, 0.29) is 0 Å². The monoisotopic (exact) mass is 262 g/mol. The fourth-order valence-electron chi connectivity index (χ4n) is 4.28. The zero-order chi connectivity index (χ0) is 13.6. The molecule has 3 heterocycles. The third-order valence-electron chi connectivity index (χ3n) is 5.20. The molecule has 2 fully saturated rings. The zero-order valence-electron chi connectivity index (χ0n) is 12.6. The van der Waals surface area contributed by atoms with E-state index in [9.17, 15) is 0 Å². The Morgan fingerprint density at radius 1 is 1.42 bits per heavy atom. The number of fused-ring (bicyclic) bond motifs is 1. The van der Waals surface area contributed by atoms with Gasteiger partial charge in [0.2, 0.25) is 0 Å². The molecular weight excluding hydrogens is 236 g/mol. The summed E-state index contributed by atoms with van der Waals surface area (Å²) >= 11 is 0. The lowest BCUT2D eigenvalue weighted by Crippen LogP contribution is -2.37. The van der Waals surface area contributed by atoms with Crippen molar-refractivity contribution in [1.29, 1.82) is 0 Å². The lowest BCUT2D eigenvalue weighted by Gasteiger charge is -2.32. The topological polar surface area (TPSA) is 28.4 Å². The Morgan fingerprint density at radius 3 is 2.84 bits per heavy atom. The molecule has 2 saturated heterocycles. The molecule has 2 aliphatic heterocycles. The Morgan fingerprint density at radius 2 is 2.21 bits per heavy atom.